The maximum atomic E-state index is 11.8. The first-order valence-electron chi connectivity index (χ1n) is 4.58. The lowest BCUT2D eigenvalue weighted by atomic mass is 10.3. The molecule has 0 aliphatic rings. The Morgan fingerprint density at radius 3 is 3.00 bits per heavy atom. The number of rotatable bonds is 5. The molecule has 78 valence electrons. The molecule has 14 heavy (non-hydrogen) atoms. The van der Waals surface area contributed by atoms with Crippen molar-refractivity contribution in [3.8, 4) is 0 Å². The van der Waals surface area contributed by atoms with Gasteiger partial charge in [0.25, 0.3) is 5.91 Å². The molecule has 1 heterocycles. The second-order valence-electron chi connectivity index (χ2n) is 2.83. The van der Waals surface area contributed by atoms with Crippen molar-refractivity contribution in [2.45, 2.75) is 13.3 Å². The standard InChI is InChI=1S/C9H14N2O2S/c1-2-11(4-3-5-12)9(13)8-6-10-7-14-8/h6-7,12H,2-5H2,1H3. The van der Waals surface area contributed by atoms with Crippen LogP contribution in [0.1, 0.15) is 23.0 Å². The van der Waals surface area contributed by atoms with Crippen LogP contribution in [0.3, 0.4) is 0 Å². The third kappa shape index (κ3) is 2.78. The van der Waals surface area contributed by atoms with Gasteiger partial charge in [-0.2, -0.15) is 0 Å². The van der Waals surface area contributed by atoms with Crippen molar-refractivity contribution in [1.82, 2.24) is 9.88 Å². The minimum atomic E-state index is 0.00319. The van der Waals surface area contributed by atoms with Crippen molar-refractivity contribution in [2.24, 2.45) is 0 Å². The maximum Gasteiger partial charge on any atom is 0.265 e. The SMILES string of the molecule is CCN(CCCO)C(=O)c1cncs1. The van der Waals surface area contributed by atoms with E-state index >= 15 is 0 Å². The van der Waals surface area contributed by atoms with E-state index < -0.39 is 0 Å². The van der Waals surface area contributed by atoms with Crippen molar-refractivity contribution in [3.63, 3.8) is 0 Å². The summed E-state index contributed by atoms with van der Waals surface area (Å²) in [7, 11) is 0. The topological polar surface area (TPSA) is 53.4 Å². The van der Waals surface area contributed by atoms with Gasteiger partial charge in [-0.3, -0.25) is 9.78 Å². The van der Waals surface area contributed by atoms with Gasteiger partial charge in [0.2, 0.25) is 0 Å². The second kappa shape index (κ2) is 5.72. The Labute approximate surface area is 87.2 Å². The average Bonchev–Trinajstić information content (AvgIpc) is 2.71. The van der Waals surface area contributed by atoms with Crippen molar-refractivity contribution in [3.05, 3.63) is 16.6 Å². The van der Waals surface area contributed by atoms with Gasteiger partial charge in [-0.05, 0) is 13.3 Å². The number of thiazole rings is 1. The summed E-state index contributed by atoms with van der Waals surface area (Å²) in [6, 6.07) is 0. The molecule has 0 aliphatic heterocycles. The zero-order valence-corrected chi connectivity index (χ0v) is 8.96. The highest BCUT2D eigenvalue weighted by Gasteiger charge is 2.14. The molecule has 1 aromatic rings. The molecular formula is C9H14N2O2S. The average molecular weight is 214 g/mol. The van der Waals surface area contributed by atoms with Crippen LogP contribution in [-0.4, -0.2) is 40.6 Å². The fraction of sp³-hybridized carbons (Fsp3) is 0.556. The molecule has 0 unspecified atom stereocenters. The zero-order valence-electron chi connectivity index (χ0n) is 8.14. The summed E-state index contributed by atoms with van der Waals surface area (Å²) in [6.45, 7) is 3.31. The van der Waals surface area contributed by atoms with Crippen LogP contribution in [0, 0.1) is 0 Å². The number of aromatic nitrogens is 1. The molecule has 0 bridgehead atoms. The van der Waals surface area contributed by atoms with Crippen LogP contribution in [0.5, 0.6) is 0 Å². The van der Waals surface area contributed by atoms with Gasteiger partial charge in [-0.1, -0.05) is 0 Å². The van der Waals surface area contributed by atoms with Crippen molar-refractivity contribution in [1.29, 1.82) is 0 Å². The normalized spacial score (nSPS) is 10.1. The van der Waals surface area contributed by atoms with E-state index in [0.717, 1.165) is 0 Å². The third-order valence-electron chi connectivity index (χ3n) is 1.90. The highest BCUT2D eigenvalue weighted by molar-refractivity contribution is 7.11. The van der Waals surface area contributed by atoms with Gasteiger partial charge in [-0.25, -0.2) is 0 Å². The van der Waals surface area contributed by atoms with Crippen LogP contribution in [0.15, 0.2) is 11.7 Å². The van der Waals surface area contributed by atoms with Gasteiger partial charge in [0, 0.05) is 19.7 Å². The van der Waals surface area contributed by atoms with Crippen LogP contribution < -0.4 is 0 Å². The molecule has 0 radical (unpaired) electrons. The van der Waals surface area contributed by atoms with Gasteiger partial charge < -0.3 is 10.0 Å². The molecule has 1 aromatic heterocycles. The van der Waals surface area contributed by atoms with Crippen LogP contribution >= 0.6 is 11.3 Å². The van der Waals surface area contributed by atoms with Gasteiger partial charge in [-0.15, -0.1) is 11.3 Å². The number of carbonyl (C=O) groups is 1. The van der Waals surface area contributed by atoms with Gasteiger partial charge in [0.1, 0.15) is 4.88 Å². The number of hydrogen-bond donors (Lipinski definition) is 1. The van der Waals surface area contributed by atoms with Crippen LogP contribution in [0.4, 0.5) is 0 Å². The molecule has 0 aromatic carbocycles. The highest BCUT2D eigenvalue weighted by atomic mass is 32.1. The summed E-state index contributed by atoms with van der Waals surface area (Å²) >= 11 is 1.34. The number of carbonyl (C=O) groups excluding carboxylic acids is 1. The maximum absolute atomic E-state index is 11.8. The Balaban J connectivity index is 2.56. The molecule has 0 atom stereocenters. The van der Waals surface area contributed by atoms with E-state index in [1.807, 2.05) is 6.92 Å². The predicted molar refractivity (Wildman–Crippen MR) is 55.4 cm³/mol. The summed E-state index contributed by atoms with van der Waals surface area (Å²) in [6.07, 6.45) is 2.20. The Hall–Kier alpha value is -0.940. The quantitative estimate of drug-likeness (QED) is 0.795. The largest absolute Gasteiger partial charge is 0.396 e. The molecule has 0 fully saturated rings. The smallest absolute Gasteiger partial charge is 0.265 e. The lowest BCUT2D eigenvalue weighted by molar-refractivity contribution is 0.0759. The summed E-state index contributed by atoms with van der Waals surface area (Å²) < 4.78 is 0. The minimum Gasteiger partial charge on any atom is -0.396 e. The molecule has 1 N–H and O–H groups in total. The molecule has 0 saturated heterocycles. The third-order valence-corrected chi connectivity index (χ3v) is 2.66. The predicted octanol–water partition coefficient (Wildman–Crippen LogP) is 0.988. The first-order valence-corrected chi connectivity index (χ1v) is 5.46. The van der Waals surface area contributed by atoms with Gasteiger partial charge in [0.05, 0.1) is 11.7 Å². The first-order chi connectivity index (χ1) is 6.79. The Morgan fingerprint density at radius 1 is 1.71 bits per heavy atom. The molecule has 1 amide bonds. The summed E-state index contributed by atoms with van der Waals surface area (Å²) in [5.41, 5.74) is 1.65. The number of hydrogen-bond acceptors (Lipinski definition) is 4. The molecule has 5 heteroatoms. The molecule has 4 nitrogen and oxygen atoms in total. The van der Waals surface area contributed by atoms with E-state index in [2.05, 4.69) is 4.98 Å². The lowest BCUT2D eigenvalue weighted by Gasteiger charge is -2.19. The van der Waals surface area contributed by atoms with Crippen LogP contribution in [-0.2, 0) is 0 Å². The monoisotopic (exact) mass is 214 g/mol. The fourth-order valence-electron chi connectivity index (χ4n) is 1.14. The lowest BCUT2D eigenvalue weighted by Crippen LogP contribution is -2.31. The number of amides is 1. The number of nitrogens with zero attached hydrogens (tertiary/aromatic N) is 2. The van der Waals surface area contributed by atoms with E-state index in [-0.39, 0.29) is 12.5 Å². The molecule has 0 saturated carbocycles. The van der Waals surface area contributed by atoms with Gasteiger partial charge in [0.15, 0.2) is 0 Å². The molecule has 0 spiro atoms. The van der Waals surface area contributed by atoms with Crippen LogP contribution in [0.2, 0.25) is 0 Å². The van der Waals surface area contributed by atoms with E-state index in [9.17, 15) is 4.79 Å². The summed E-state index contributed by atoms with van der Waals surface area (Å²) in [4.78, 5) is 18.0. The summed E-state index contributed by atoms with van der Waals surface area (Å²) in [5.74, 6) is 0.00319. The number of aliphatic hydroxyl groups is 1. The van der Waals surface area contributed by atoms with E-state index in [0.29, 0.717) is 24.4 Å². The summed E-state index contributed by atoms with van der Waals surface area (Å²) in [5, 5.41) is 8.68. The second-order valence-corrected chi connectivity index (χ2v) is 3.71. The van der Waals surface area contributed by atoms with Crippen LogP contribution in [0.25, 0.3) is 0 Å². The van der Waals surface area contributed by atoms with E-state index in [4.69, 9.17) is 5.11 Å². The minimum absolute atomic E-state index is 0.00319. The fourth-order valence-corrected chi connectivity index (χ4v) is 1.73. The number of aliphatic hydroxyl groups excluding tert-OH is 1. The van der Waals surface area contributed by atoms with E-state index in [1.54, 1.807) is 16.6 Å². The molecule has 0 aliphatic carbocycles. The van der Waals surface area contributed by atoms with Crippen molar-refractivity contribution >= 4 is 17.2 Å². The van der Waals surface area contributed by atoms with Gasteiger partial charge >= 0.3 is 0 Å². The first kappa shape index (κ1) is 11.1. The van der Waals surface area contributed by atoms with E-state index in [1.165, 1.54) is 11.3 Å². The zero-order chi connectivity index (χ0) is 10.4. The molecule has 1 rings (SSSR count). The van der Waals surface area contributed by atoms with Crippen molar-refractivity contribution < 1.29 is 9.90 Å². The Bertz CT molecular complexity index is 274. The Kier molecular flexibility index (Phi) is 4.55. The molecular weight excluding hydrogens is 200 g/mol. The highest BCUT2D eigenvalue weighted by Crippen LogP contribution is 2.09. The Morgan fingerprint density at radius 2 is 2.50 bits per heavy atom. The van der Waals surface area contributed by atoms with Crippen molar-refractivity contribution in [2.75, 3.05) is 19.7 Å².